The molecule has 0 aromatic heterocycles. The van der Waals surface area contributed by atoms with Crippen molar-refractivity contribution in [3.05, 3.63) is 12.7 Å². The van der Waals surface area contributed by atoms with E-state index in [0.29, 0.717) is 13.0 Å². The second-order valence-electron chi connectivity index (χ2n) is 3.60. The third-order valence-corrected chi connectivity index (χ3v) is 2.04. The van der Waals surface area contributed by atoms with Crippen LogP contribution in [0.1, 0.15) is 32.6 Å². The maximum absolute atomic E-state index is 11.2. The van der Waals surface area contributed by atoms with Gasteiger partial charge in [-0.25, -0.2) is 4.79 Å². The molecule has 0 bridgehead atoms. The molecule has 1 atom stereocenters. The average Bonchev–Trinajstić information content (AvgIpc) is 2.18. The van der Waals surface area contributed by atoms with Crippen molar-refractivity contribution in [3.63, 3.8) is 0 Å². The normalized spacial score (nSPS) is 11.9. The van der Waals surface area contributed by atoms with E-state index in [1.54, 1.807) is 0 Å². The van der Waals surface area contributed by atoms with E-state index in [2.05, 4.69) is 17.2 Å². The molecule has 0 aliphatic rings. The van der Waals surface area contributed by atoms with Crippen LogP contribution in [-0.2, 0) is 0 Å². The lowest BCUT2D eigenvalue weighted by molar-refractivity contribution is 0.234. The predicted octanol–water partition coefficient (Wildman–Crippen LogP) is 1.41. The molecule has 2 amide bonds. The van der Waals surface area contributed by atoms with E-state index in [9.17, 15) is 4.79 Å². The summed E-state index contributed by atoms with van der Waals surface area (Å²) in [7, 11) is 0. The number of allylic oxidation sites excluding steroid dienone is 1. The zero-order chi connectivity index (χ0) is 11.5. The number of aliphatic hydroxyl groups is 1. The molecule has 4 nitrogen and oxygen atoms in total. The summed E-state index contributed by atoms with van der Waals surface area (Å²) in [6.07, 6.45) is 5.46. The number of hydrogen-bond acceptors (Lipinski definition) is 2. The number of carbonyl (C=O) groups excluding carboxylic acids is 1. The van der Waals surface area contributed by atoms with Gasteiger partial charge in [-0.2, -0.15) is 0 Å². The van der Waals surface area contributed by atoms with E-state index >= 15 is 0 Å². The molecule has 0 aliphatic carbocycles. The van der Waals surface area contributed by atoms with E-state index in [1.165, 1.54) is 0 Å². The molecule has 0 radical (unpaired) electrons. The van der Waals surface area contributed by atoms with Gasteiger partial charge in [-0.05, 0) is 32.6 Å². The highest BCUT2D eigenvalue weighted by Crippen LogP contribution is 2.00. The van der Waals surface area contributed by atoms with Crippen LogP contribution in [0.4, 0.5) is 4.79 Å². The second-order valence-corrected chi connectivity index (χ2v) is 3.60. The van der Waals surface area contributed by atoms with Crippen LogP contribution in [0, 0.1) is 0 Å². The maximum Gasteiger partial charge on any atom is 0.314 e. The smallest absolute Gasteiger partial charge is 0.314 e. The Kier molecular flexibility index (Phi) is 8.87. The Balaban J connectivity index is 3.44. The summed E-state index contributed by atoms with van der Waals surface area (Å²) in [5, 5.41) is 14.0. The van der Waals surface area contributed by atoms with Crippen molar-refractivity contribution in [2.45, 2.75) is 38.6 Å². The number of carbonyl (C=O) groups is 1. The molecule has 0 aliphatic heterocycles. The topological polar surface area (TPSA) is 61.4 Å². The first-order chi connectivity index (χ1) is 7.20. The molecular formula is C11H22N2O2. The number of aliphatic hydroxyl groups excluding tert-OH is 1. The molecule has 0 spiro atoms. The molecule has 4 heteroatoms. The van der Waals surface area contributed by atoms with Gasteiger partial charge in [-0.15, -0.1) is 6.58 Å². The molecule has 1 unspecified atom stereocenters. The summed E-state index contributed by atoms with van der Waals surface area (Å²) in [4.78, 5) is 11.2. The monoisotopic (exact) mass is 214 g/mol. The average molecular weight is 214 g/mol. The standard InChI is InChI=1S/C11H22N2O2/c1-3-4-5-7-10(2)13-11(15)12-8-6-9-14/h3,10,14H,1,4-9H2,2H3,(H2,12,13,15). The van der Waals surface area contributed by atoms with Crippen LogP contribution >= 0.6 is 0 Å². The van der Waals surface area contributed by atoms with E-state index in [-0.39, 0.29) is 18.7 Å². The fraction of sp³-hybridized carbons (Fsp3) is 0.727. The van der Waals surface area contributed by atoms with Crippen LogP contribution in [0.5, 0.6) is 0 Å². The van der Waals surface area contributed by atoms with E-state index in [1.807, 2.05) is 13.0 Å². The Morgan fingerprint density at radius 3 is 2.87 bits per heavy atom. The van der Waals surface area contributed by atoms with Gasteiger partial charge in [0.2, 0.25) is 0 Å². The van der Waals surface area contributed by atoms with Gasteiger partial charge in [0.15, 0.2) is 0 Å². The molecule has 0 fully saturated rings. The zero-order valence-corrected chi connectivity index (χ0v) is 9.46. The molecule has 15 heavy (non-hydrogen) atoms. The van der Waals surface area contributed by atoms with Crippen LogP contribution in [0.25, 0.3) is 0 Å². The first kappa shape index (κ1) is 14.0. The minimum Gasteiger partial charge on any atom is -0.396 e. The van der Waals surface area contributed by atoms with E-state index in [4.69, 9.17) is 5.11 Å². The van der Waals surface area contributed by atoms with Crippen molar-refractivity contribution in [2.75, 3.05) is 13.2 Å². The van der Waals surface area contributed by atoms with Crippen molar-refractivity contribution in [1.82, 2.24) is 10.6 Å². The second kappa shape index (κ2) is 9.52. The van der Waals surface area contributed by atoms with E-state index in [0.717, 1.165) is 19.3 Å². The molecule has 0 rings (SSSR count). The predicted molar refractivity (Wildman–Crippen MR) is 61.7 cm³/mol. The van der Waals surface area contributed by atoms with Crippen LogP contribution < -0.4 is 10.6 Å². The Hall–Kier alpha value is -1.03. The van der Waals surface area contributed by atoms with Gasteiger partial charge in [0.1, 0.15) is 0 Å². The van der Waals surface area contributed by atoms with Crippen molar-refractivity contribution < 1.29 is 9.90 Å². The summed E-state index contributed by atoms with van der Waals surface area (Å²) in [6, 6.07) is 0.0219. The van der Waals surface area contributed by atoms with Gasteiger partial charge in [0.25, 0.3) is 0 Å². The minimum atomic E-state index is -0.158. The lowest BCUT2D eigenvalue weighted by Gasteiger charge is -2.13. The Labute approximate surface area is 91.8 Å². The number of amides is 2. The molecule has 88 valence electrons. The molecule has 0 aromatic carbocycles. The van der Waals surface area contributed by atoms with Crippen LogP contribution in [0.3, 0.4) is 0 Å². The highest BCUT2D eigenvalue weighted by molar-refractivity contribution is 5.74. The first-order valence-electron chi connectivity index (χ1n) is 5.46. The fourth-order valence-electron chi connectivity index (χ4n) is 1.20. The van der Waals surface area contributed by atoms with Gasteiger partial charge in [-0.3, -0.25) is 0 Å². The minimum absolute atomic E-state index is 0.106. The summed E-state index contributed by atoms with van der Waals surface area (Å²) in [6.45, 7) is 6.25. The van der Waals surface area contributed by atoms with Gasteiger partial charge in [-0.1, -0.05) is 6.08 Å². The zero-order valence-electron chi connectivity index (χ0n) is 9.46. The molecule has 0 saturated heterocycles. The third-order valence-electron chi connectivity index (χ3n) is 2.04. The Morgan fingerprint density at radius 1 is 1.53 bits per heavy atom. The van der Waals surface area contributed by atoms with Gasteiger partial charge >= 0.3 is 6.03 Å². The summed E-state index contributed by atoms with van der Waals surface area (Å²) < 4.78 is 0. The Morgan fingerprint density at radius 2 is 2.27 bits per heavy atom. The fourth-order valence-corrected chi connectivity index (χ4v) is 1.20. The lowest BCUT2D eigenvalue weighted by atomic mass is 10.1. The number of rotatable bonds is 8. The summed E-state index contributed by atoms with van der Waals surface area (Å²) in [5.41, 5.74) is 0. The molecular weight excluding hydrogens is 192 g/mol. The summed E-state index contributed by atoms with van der Waals surface area (Å²) in [5.74, 6) is 0. The molecule has 0 heterocycles. The highest BCUT2D eigenvalue weighted by Gasteiger charge is 2.05. The van der Waals surface area contributed by atoms with Gasteiger partial charge in [0.05, 0.1) is 0 Å². The quantitative estimate of drug-likeness (QED) is 0.422. The first-order valence-corrected chi connectivity index (χ1v) is 5.46. The maximum atomic E-state index is 11.2. The number of nitrogens with one attached hydrogen (secondary N) is 2. The van der Waals surface area contributed by atoms with Crippen molar-refractivity contribution in [3.8, 4) is 0 Å². The van der Waals surface area contributed by atoms with E-state index < -0.39 is 0 Å². The molecule has 0 saturated carbocycles. The summed E-state index contributed by atoms with van der Waals surface area (Å²) >= 11 is 0. The van der Waals surface area contributed by atoms with Crippen molar-refractivity contribution >= 4 is 6.03 Å². The number of urea groups is 1. The Bertz CT molecular complexity index is 183. The van der Waals surface area contributed by atoms with Crippen LogP contribution in [0.15, 0.2) is 12.7 Å². The van der Waals surface area contributed by atoms with Gasteiger partial charge in [0, 0.05) is 19.2 Å². The molecule has 0 aromatic rings. The van der Waals surface area contributed by atoms with Crippen molar-refractivity contribution in [1.29, 1.82) is 0 Å². The SMILES string of the molecule is C=CCCCC(C)NC(=O)NCCCO. The van der Waals surface area contributed by atoms with Crippen LogP contribution in [-0.4, -0.2) is 30.3 Å². The van der Waals surface area contributed by atoms with Gasteiger partial charge < -0.3 is 15.7 Å². The largest absolute Gasteiger partial charge is 0.396 e. The lowest BCUT2D eigenvalue weighted by Crippen LogP contribution is -2.41. The third kappa shape index (κ3) is 9.28. The highest BCUT2D eigenvalue weighted by atomic mass is 16.3. The number of hydrogen-bond donors (Lipinski definition) is 3. The van der Waals surface area contributed by atoms with Crippen molar-refractivity contribution in [2.24, 2.45) is 0 Å². The van der Waals surface area contributed by atoms with Crippen LogP contribution in [0.2, 0.25) is 0 Å². The number of unbranched alkanes of at least 4 members (excludes halogenated alkanes) is 1. The molecule has 3 N–H and O–H groups in total.